The number of hydrogen-bond acceptors (Lipinski definition) is 3. The number of aliphatic hydroxyl groups is 1. The van der Waals surface area contributed by atoms with Crippen LogP contribution in [0.4, 0.5) is 26.7 Å². The normalized spacial score (nSPS) is 25.1. The molecule has 0 aromatic heterocycles. The lowest BCUT2D eigenvalue weighted by Crippen LogP contribution is -2.54. The Morgan fingerprint density at radius 2 is 1.89 bits per heavy atom. The van der Waals surface area contributed by atoms with E-state index in [1.165, 1.54) is 15.9 Å². The summed E-state index contributed by atoms with van der Waals surface area (Å²) < 4.78 is 69.5. The Bertz CT molecular complexity index is 1160. The molecule has 2 amide bonds. The van der Waals surface area contributed by atoms with E-state index < -0.39 is 47.9 Å². The van der Waals surface area contributed by atoms with Crippen LogP contribution in [0, 0.1) is 5.82 Å². The molecule has 0 spiro atoms. The number of carbonyl (C=O) groups is 1. The van der Waals surface area contributed by atoms with Gasteiger partial charge in [-0.05, 0) is 55.4 Å². The van der Waals surface area contributed by atoms with E-state index >= 15 is 0 Å². The fourth-order valence-electron chi connectivity index (χ4n) is 5.25. The van der Waals surface area contributed by atoms with E-state index in [0.717, 1.165) is 12.1 Å². The van der Waals surface area contributed by atoms with Gasteiger partial charge in [-0.25, -0.2) is 13.6 Å². The maximum atomic E-state index is 14.8. The minimum absolute atomic E-state index is 0.139. The van der Waals surface area contributed by atoms with Crippen LogP contribution in [0.2, 0.25) is 0 Å². The average molecular weight is 524 g/mol. The number of carbonyl (C=O) groups excluding carboxylic acids is 1. The van der Waals surface area contributed by atoms with Gasteiger partial charge in [0, 0.05) is 38.2 Å². The van der Waals surface area contributed by atoms with Crippen LogP contribution in [0.15, 0.2) is 54.6 Å². The Balaban J connectivity index is 1.76. The minimum atomic E-state index is -4.68. The van der Waals surface area contributed by atoms with Crippen molar-refractivity contribution in [3.05, 3.63) is 77.1 Å². The Morgan fingerprint density at radius 1 is 1.19 bits per heavy atom. The molecular formula is C27H30F5N3O2. The van der Waals surface area contributed by atoms with Crippen molar-refractivity contribution in [3.8, 4) is 0 Å². The molecule has 37 heavy (non-hydrogen) atoms. The molecular weight excluding hydrogens is 493 g/mol. The SMILES string of the molecule is CN1CCC(N(C)C(=O)N2CC(c3cc(C(F)(F)F)ccc3F)=C[C@@]2(CO)c2ccccc2)CC(F)C1. The second-order valence-electron chi connectivity index (χ2n) is 9.83. The fraction of sp³-hybridized carbons (Fsp3) is 0.444. The first-order valence-electron chi connectivity index (χ1n) is 12.1. The molecule has 2 heterocycles. The predicted octanol–water partition coefficient (Wildman–Crippen LogP) is 4.92. The number of hydrogen-bond donors (Lipinski definition) is 1. The molecule has 2 aliphatic heterocycles. The van der Waals surface area contributed by atoms with Crippen molar-refractivity contribution in [1.82, 2.24) is 14.7 Å². The summed E-state index contributed by atoms with van der Waals surface area (Å²) in [6.45, 7) is 0.0290. The minimum Gasteiger partial charge on any atom is -0.393 e. The molecule has 2 unspecified atom stereocenters. The van der Waals surface area contributed by atoms with E-state index in [1.807, 2.05) is 11.9 Å². The van der Waals surface area contributed by atoms with Crippen molar-refractivity contribution in [2.75, 3.05) is 40.3 Å². The lowest BCUT2D eigenvalue weighted by atomic mass is 9.89. The van der Waals surface area contributed by atoms with Crippen molar-refractivity contribution in [1.29, 1.82) is 0 Å². The first kappa shape index (κ1) is 27.1. The second kappa shape index (κ2) is 10.4. The molecule has 0 aliphatic carbocycles. The van der Waals surface area contributed by atoms with Gasteiger partial charge >= 0.3 is 12.2 Å². The summed E-state index contributed by atoms with van der Waals surface area (Å²) in [5.74, 6) is -0.867. The lowest BCUT2D eigenvalue weighted by Gasteiger charge is -2.41. The number of likely N-dealkylation sites (tertiary alicyclic amines) is 1. The first-order chi connectivity index (χ1) is 17.5. The fourth-order valence-corrected chi connectivity index (χ4v) is 5.25. The van der Waals surface area contributed by atoms with Gasteiger partial charge in [0.25, 0.3) is 0 Å². The summed E-state index contributed by atoms with van der Waals surface area (Å²) >= 11 is 0. The third kappa shape index (κ3) is 5.36. The molecule has 4 rings (SSSR count). The van der Waals surface area contributed by atoms with Gasteiger partial charge in [0.15, 0.2) is 0 Å². The van der Waals surface area contributed by atoms with Crippen molar-refractivity contribution < 1.29 is 31.9 Å². The van der Waals surface area contributed by atoms with Gasteiger partial charge in [0.2, 0.25) is 0 Å². The Labute approximate surface area is 212 Å². The summed E-state index contributed by atoms with van der Waals surface area (Å²) in [6, 6.07) is 9.75. The predicted molar refractivity (Wildman–Crippen MR) is 130 cm³/mol. The quantitative estimate of drug-likeness (QED) is 0.580. The van der Waals surface area contributed by atoms with Crippen molar-refractivity contribution in [2.45, 2.75) is 36.8 Å². The lowest BCUT2D eigenvalue weighted by molar-refractivity contribution is -0.137. The number of alkyl halides is 4. The van der Waals surface area contributed by atoms with Crippen LogP contribution < -0.4 is 0 Å². The van der Waals surface area contributed by atoms with E-state index in [2.05, 4.69) is 0 Å². The van der Waals surface area contributed by atoms with Crippen LogP contribution in [0.3, 0.4) is 0 Å². The number of nitrogens with zero attached hydrogens (tertiary/aromatic N) is 3. The standard InChI is InChI=1S/C27H30F5N3O2/c1-33-11-10-22(13-21(28)16-33)34(2)25(37)35-15-18(14-26(35,17-36)19-6-4-3-5-7-19)23-12-20(27(30,31)32)8-9-24(23)29/h3-9,12,14,21-22,36H,10-11,13,15-17H2,1-2H3/t21?,22?,26-/m1/s1. The molecule has 0 saturated carbocycles. The van der Waals surface area contributed by atoms with Crippen molar-refractivity contribution >= 4 is 11.6 Å². The van der Waals surface area contributed by atoms with E-state index in [4.69, 9.17) is 0 Å². The van der Waals surface area contributed by atoms with E-state index in [0.29, 0.717) is 24.6 Å². The number of urea groups is 1. The maximum Gasteiger partial charge on any atom is 0.416 e. The molecule has 5 nitrogen and oxygen atoms in total. The molecule has 2 aromatic carbocycles. The maximum absolute atomic E-state index is 14.8. The van der Waals surface area contributed by atoms with Gasteiger partial charge in [0.05, 0.1) is 12.2 Å². The molecule has 1 fully saturated rings. The van der Waals surface area contributed by atoms with E-state index in [-0.39, 0.29) is 30.6 Å². The zero-order chi connectivity index (χ0) is 27.0. The van der Waals surface area contributed by atoms with Gasteiger partial charge in [-0.1, -0.05) is 30.3 Å². The zero-order valence-electron chi connectivity index (χ0n) is 20.7. The number of rotatable bonds is 4. The molecule has 0 bridgehead atoms. The second-order valence-corrected chi connectivity index (χ2v) is 9.83. The van der Waals surface area contributed by atoms with Gasteiger partial charge in [-0.15, -0.1) is 0 Å². The summed E-state index contributed by atoms with van der Waals surface area (Å²) in [5, 5.41) is 10.6. The molecule has 2 aliphatic rings. The van der Waals surface area contributed by atoms with Gasteiger partial charge in [-0.3, -0.25) is 0 Å². The molecule has 0 radical (unpaired) electrons. The highest BCUT2D eigenvalue weighted by atomic mass is 19.4. The molecule has 1 saturated heterocycles. The van der Waals surface area contributed by atoms with Crippen LogP contribution in [-0.4, -0.2) is 78.4 Å². The van der Waals surface area contributed by atoms with Gasteiger partial charge in [-0.2, -0.15) is 13.2 Å². The number of aliphatic hydroxyl groups excluding tert-OH is 1. The van der Waals surface area contributed by atoms with Crippen LogP contribution in [0.1, 0.15) is 29.5 Å². The molecule has 2 aromatic rings. The summed E-state index contributed by atoms with van der Waals surface area (Å²) in [4.78, 5) is 18.5. The molecule has 1 N–H and O–H groups in total. The Kier molecular flexibility index (Phi) is 7.62. The van der Waals surface area contributed by atoms with E-state index in [9.17, 15) is 31.9 Å². The van der Waals surface area contributed by atoms with Crippen LogP contribution >= 0.6 is 0 Å². The van der Waals surface area contributed by atoms with E-state index in [1.54, 1.807) is 37.4 Å². The third-order valence-electron chi connectivity index (χ3n) is 7.34. The largest absolute Gasteiger partial charge is 0.416 e. The number of benzene rings is 2. The zero-order valence-corrected chi connectivity index (χ0v) is 20.7. The molecule has 200 valence electrons. The van der Waals surface area contributed by atoms with Crippen molar-refractivity contribution in [2.24, 2.45) is 0 Å². The molecule has 3 atom stereocenters. The highest BCUT2D eigenvalue weighted by Crippen LogP contribution is 2.42. The summed E-state index contributed by atoms with van der Waals surface area (Å²) in [5.41, 5.74) is -2.09. The smallest absolute Gasteiger partial charge is 0.393 e. The Hall–Kier alpha value is -2.98. The number of amides is 2. The topological polar surface area (TPSA) is 47.0 Å². The monoisotopic (exact) mass is 523 g/mol. The van der Waals surface area contributed by atoms with Crippen LogP contribution in [-0.2, 0) is 11.7 Å². The highest BCUT2D eigenvalue weighted by molar-refractivity contribution is 5.84. The highest BCUT2D eigenvalue weighted by Gasteiger charge is 2.47. The van der Waals surface area contributed by atoms with Crippen molar-refractivity contribution in [3.63, 3.8) is 0 Å². The van der Waals surface area contributed by atoms with Crippen LogP contribution in [0.5, 0.6) is 0 Å². The van der Waals surface area contributed by atoms with Gasteiger partial charge in [0.1, 0.15) is 17.5 Å². The first-order valence-corrected chi connectivity index (χ1v) is 12.1. The van der Waals surface area contributed by atoms with Crippen LogP contribution in [0.25, 0.3) is 5.57 Å². The summed E-state index contributed by atoms with van der Waals surface area (Å²) in [7, 11) is 3.37. The number of halogens is 5. The third-order valence-corrected chi connectivity index (χ3v) is 7.34. The average Bonchev–Trinajstić information content (AvgIpc) is 3.17. The Morgan fingerprint density at radius 3 is 2.54 bits per heavy atom. The van der Waals surface area contributed by atoms with Gasteiger partial charge < -0.3 is 19.8 Å². The molecule has 10 heteroatoms. The summed E-state index contributed by atoms with van der Waals surface area (Å²) in [6.07, 6.45) is -3.67.